The highest BCUT2D eigenvalue weighted by Gasteiger charge is 2.32. The molecule has 0 spiro atoms. The summed E-state index contributed by atoms with van der Waals surface area (Å²) < 4.78 is 25.5. The predicted molar refractivity (Wildman–Crippen MR) is 100 cm³/mol. The topological polar surface area (TPSA) is 81.1 Å². The second-order valence-electron chi connectivity index (χ2n) is 7.08. The number of nitrogens with zero attached hydrogens (tertiary/aromatic N) is 2. The molecule has 1 atom stereocenters. The van der Waals surface area contributed by atoms with E-state index in [1.54, 1.807) is 22.9 Å². The number of benzene rings is 1. The maximum Gasteiger partial charge on any atom is 0.271 e. The standard InChI is InChI=1S/C18H20ClN3O3S/c19-14-5-3-13(4-6-14)17-9-16(18(23)20-10-12-1-2-12)21-22(17)15-7-8-26(24,25)11-15/h3-6,9,12,15H,1-2,7-8,10-11H2,(H,20,23). The van der Waals surface area contributed by atoms with E-state index in [0.717, 1.165) is 24.1 Å². The minimum absolute atomic E-state index is 0.0540. The summed E-state index contributed by atoms with van der Waals surface area (Å²) in [6.45, 7) is 0.666. The lowest BCUT2D eigenvalue weighted by Gasteiger charge is -2.13. The van der Waals surface area contributed by atoms with Gasteiger partial charge in [-0.1, -0.05) is 23.7 Å². The first-order valence-corrected chi connectivity index (χ1v) is 11.0. The lowest BCUT2D eigenvalue weighted by molar-refractivity contribution is 0.0945. The van der Waals surface area contributed by atoms with Crippen LogP contribution in [0, 0.1) is 5.92 Å². The molecular weight excluding hydrogens is 374 g/mol. The smallest absolute Gasteiger partial charge is 0.271 e. The third-order valence-corrected chi connectivity index (χ3v) is 6.91. The molecular formula is C18H20ClN3O3S. The van der Waals surface area contributed by atoms with Gasteiger partial charge in [-0.25, -0.2) is 8.42 Å². The van der Waals surface area contributed by atoms with E-state index in [1.165, 1.54) is 0 Å². The van der Waals surface area contributed by atoms with Gasteiger partial charge in [0.1, 0.15) is 0 Å². The molecule has 26 heavy (non-hydrogen) atoms. The minimum atomic E-state index is -3.06. The molecule has 138 valence electrons. The number of hydrogen-bond acceptors (Lipinski definition) is 4. The molecule has 1 aromatic heterocycles. The molecule has 2 aromatic rings. The third kappa shape index (κ3) is 3.78. The fraction of sp³-hybridized carbons (Fsp3) is 0.444. The van der Waals surface area contributed by atoms with Crippen LogP contribution < -0.4 is 5.32 Å². The van der Waals surface area contributed by atoms with Crippen molar-refractivity contribution in [1.29, 1.82) is 0 Å². The zero-order valence-corrected chi connectivity index (χ0v) is 15.8. The third-order valence-electron chi connectivity index (χ3n) is 4.91. The van der Waals surface area contributed by atoms with Gasteiger partial charge in [0.05, 0.1) is 23.2 Å². The maximum absolute atomic E-state index is 12.4. The summed E-state index contributed by atoms with van der Waals surface area (Å²) in [5.74, 6) is 0.572. The van der Waals surface area contributed by atoms with E-state index < -0.39 is 9.84 Å². The van der Waals surface area contributed by atoms with E-state index in [-0.39, 0.29) is 23.5 Å². The molecule has 0 radical (unpaired) electrons. The summed E-state index contributed by atoms with van der Waals surface area (Å²) in [4.78, 5) is 12.4. The van der Waals surface area contributed by atoms with E-state index >= 15 is 0 Å². The lowest BCUT2D eigenvalue weighted by Crippen LogP contribution is -2.26. The Bertz CT molecular complexity index is 933. The Morgan fingerprint density at radius 2 is 1.96 bits per heavy atom. The molecule has 1 aromatic carbocycles. The van der Waals surface area contributed by atoms with Crippen LogP contribution in [0.25, 0.3) is 11.3 Å². The lowest BCUT2D eigenvalue weighted by atomic mass is 10.1. The largest absolute Gasteiger partial charge is 0.350 e. The molecule has 1 unspecified atom stereocenters. The molecule has 2 fully saturated rings. The minimum Gasteiger partial charge on any atom is -0.350 e. The number of hydrogen-bond donors (Lipinski definition) is 1. The van der Waals surface area contributed by atoms with Gasteiger partial charge in [0.25, 0.3) is 5.91 Å². The fourth-order valence-corrected chi connectivity index (χ4v) is 5.06. The van der Waals surface area contributed by atoms with Gasteiger partial charge in [0.15, 0.2) is 15.5 Å². The average molecular weight is 394 g/mol. The maximum atomic E-state index is 12.4. The van der Waals surface area contributed by atoms with E-state index in [1.807, 2.05) is 12.1 Å². The van der Waals surface area contributed by atoms with E-state index in [4.69, 9.17) is 11.6 Å². The number of carbonyl (C=O) groups is 1. The van der Waals surface area contributed by atoms with Crippen LogP contribution in [-0.2, 0) is 9.84 Å². The first-order chi connectivity index (χ1) is 12.4. The van der Waals surface area contributed by atoms with Crippen molar-refractivity contribution in [1.82, 2.24) is 15.1 Å². The highest BCUT2D eigenvalue weighted by Crippen LogP contribution is 2.31. The highest BCUT2D eigenvalue weighted by atomic mass is 35.5. The van der Waals surface area contributed by atoms with Crippen LogP contribution in [-0.4, -0.2) is 42.2 Å². The summed E-state index contributed by atoms with van der Waals surface area (Å²) in [5, 5.41) is 7.99. The molecule has 1 N–H and O–H groups in total. The summed E-state index contributed by atoms with van der Waals surface area (Å²) >= 11 is 5.97. The van der Waals surface area contributed by atoms with Crippen molar-refractivity contribution in [2.75, 3.05) is 18.1 Å². The Kier molecular flexibility index (Phi) is 4.52. The van der Waals surface area contributed by atoms with Crippen molar-refractivity contribution in [2.24, 2.45) is 5.92 Å². The van der Waals surface area contributed by atoms with Crippen molar-refractivity contribution in [3.05, 3.63) is 41.0 Å². The second kappa shape index (κ2) is 6.70. The number of nitrogens with one attached hydrogen (secondary N) is 1. The van der Waals surface area contributed by atoms with Gasteiger partial charge < -0.3 is 5.32 Å². The van der Waals surface area contributed by atoms with Crippen LogP contribution in [0.15, 0.2) is 30.3 Å². The van der Waals surface area contributed by atoms with Crippen LogP contribution in [0.4, 0.5) is 0 Å². The molecule has 1 amide bonds. The number of amides is 1. The number of carbonyl (C=O) groups excluding carboxylic acids is 1. The van der Waals surface area contributed by atoms with Gasteiger partial charge >= 0.3 is 0 Å². The SMILES string of the molecule is O=C(NCC1CC1)c1cc(-c2ccc(Cl)cc2)n(C2CCS(=O)(=O)C2)n1. The molecule has 1 aliphatic carbocycles. The molecule has 8 heteroatoms. The van der Waals surface area contributed by atoms with E-state index in [0.29, 0.717) is 29.6 Å². The van der Waals surface area contributed by atoms with Gasteiger partial charge in [-0.3, -0.25) is 9.48 Å². The molecule has 6 nitrogen and oxygen atoms in total. The summed E-state index contributed by atoms with van der Waals surface area (Å²) in [5.41, 5.74) is 1.91. The summed E-state index contributed by atoms with van der Waals surface area (Å²) in [6.07, 6.45) is 2.82. The molecule has 4 rings (SSSR count). The molecule has 1 saturated carbocycles. The van der Waals surface area contributed by atoms with Crippen LogP contribution in [0.1, 0.15) is 35.8 Å². The van der Waals surface area contributed by atoms with Gasteiger partial charge in [-0.2, -0.15) is 5.10 Å². The number of sulfone groups is 1. The van der Waals surface area contributed by atoms with Crippen molar-refractivity contribution in [3.63, 3.8) is 0 Å². The van der Waals surface area contributed by atoms with Gasteiger partial charge in [-0.15, -0.1) is 0 Å². The Morgan fingerprint density at radius 1 is 1.23 bits per heavy atom. The Morgan fingerprint density at radius 3 is 2.58 bits per heavy atom. The predicted octanol–water partition coefficient (Wildman–Crippen LogP) is 2.70. The van der Waals surface area contributed by atoms with Crippen LogP contribution in [0.5, 0.6) is 0 Å². The zero-order valence-electron chi connectivity index (χ0n) is 14.2. The van der Waals surface area contributed by atoms with Crippen molar-refractivity contribution >= 4 is 27.3 Å². The number of aromatic nitrogens is 2. The van der Waals surface area contributed by atoms with Gasteiger partial charge in [0.2, 0.25) is 0 Å². The summed E-state index contributed by atoms with van der Waals surface area (Å²) in [7, 11) is -3.06. The van der Waals surface area contributed by atoms with Crippen molar-refractivity contribution in [3.8, 4) is 11.3 Å². The number of rotatable bonds is 5. The quantitative estimate of drug-likeness (QED) is 0.846. The zero-order chi connectivity index (χ0) is 18.3. The summed E-state index contributed by atoms with van der Waals surface area (Å²) in [6, 6.07) is 8.72. The fourth-order valence-electron chi connectivity index (χ4n) is 3.24. The van der Waals surface area contributed by atoms with Crippen LogP contribution >= 0.6 is 11.6 Å². The van der Waals surface area contributed by atoms with Crippen LogP contribution in [0.3, 0.4) is 0 Å². The molecule has 1 aliphatic heterocycles. The normalized spacial score (nSPS) is 21.7. The molecule has 2 aliphatic rings. The first-order valence-electron chi connectivity index (χ1n) is 8.75. The first kappa shape index (κ1) is 17.5. The van der Waals surface area contributed by atoms with Gasteiger partial charge in [0, 0.05) is 11.6 Å². The Labute approximate surface area is 157 Å². The van der Waals surface area contributed by atoms with Crippen LogP contribution in [0.2, 0.25) is 5.02 Å². The Hall–Kier alpha value is -1.86. The van der Waals surface area contributed by atoms with Gasteiger partial charge in [-0.05, 0) is 48.9 Å². The molecule has 2 heterocycles. The molecule has 1 saturated heterocycles. The number of halogens is 1. The Balaban J connectivity index is 1.67. The second-order valence-corrected chi connectivity index (χ2v) is 9.74. The average Bonchev–Trinajstić information content (AvgIpc) is 3.22. The monoisotopic (exact) mass is 393 g/mol. The van der Waals surface area contributed by atoms with Crippen molar-refractivity contribution < 1.29 is 13.2 Å². The van der Waals surface area contributed by atoms with E-state index in [2.05, 4.69) is 10.4 Å². The highest BCUT2D eigenvalue weighted by molar-refractivity contribution is 7.91. The van der Waals surface area contributed by atoms with E-state index in [9.17, 15) is 13.2 Å². The molecule has 0 bridgehead atoms. The van der Waals surface area contributed by atoms with Crippen molar-refractivity contribution in [2.45, 2.75) is 25.3 Å².